The third kappa shape index (κ3) is 5.54. The summed E-state index contributed by atoms with van der Waals surface area (Å²) in [6.45, 7) is 5.97. The van der Waals surface area contributed by atoms with Gasteiger partial charge < -0.3 is 20.7 Å². The summed E-state index contributed by atoms with van der Waals surface area (Å²) in [6, 6.07) is 4.07. The molecule has 1 aliphatic rings. The summed E-state index contributed by atoms with van der Waals surface area (Å²) in [6.07, 6.45) is -0.269. The molecule has 3 N–H and O–H groups in total. The summed E-state index contributed by atoms with van der Waals surface area (Å²) in [5.41, 5.74) is 6.07. The molecule has 1 aromatic carbocycles. The van der Waals surface area contributed by atoms with Crippen molar-refractivity contribution in [2.75, 3.05) is 11.9 Å². The van der Waals surface area contributed by atoms with E-state index in [4.69, 9.17) is 22.1 Å². The molecule has 0 spiro atoms. The highest BCUT2D eigenvalue weighted by atomic mass is 35.5. The molecule has 0 saturated heterocycles. The molecule has 0 atom stereocenters. The number of halogens is 2. The van der Waals surface area contributed by atoms with Gasteiger partial charge >= 0.3 is 6.09 Å². The van der Waals surface area contributed by atoms with Crippen LogP contribution in [-0.2, 0) is 28.9 Å². The average Bonchev–Trinajstić information content (AvgIpc) is 2.99. The Morgan fingerprint density at radius 3 is 2.65 bits per heavy atom. The molecule has 31 heavy (non-hydrogen) atoms. The third-order valence-corrected chi connectivity index (χ3v) is 5.94. The van der Waals surface area contributed by atoms with Crippen LogP contribution >= 0.6 is 22.9 Å². The lowest BCUT2D eigenvalue weighted by molar-refractivity contribution is -0.115. The molecule has 0 radical (unpaired) electrons. The van der Waals surface area contributed by atoms with Gasteiger partial charge in [-0.1, -0.05) is 17.7 Å². The zero-order chi connectivity index (χ0) is 22.9. The van der Waals surface area contributed by atoms with Crippen molar-refractivity contribution >= 4 is 45.8 Å². The molecule has 2 heterocycles. The van der Waals surface area contributed by atoms with Gasteiger partial charge in [-0.3, -0.25) is 9.59 Å². The molecule has 0 bridgehead atoms. The summed E-state index contributed by atoms with van der Waals surface area (Å²) >= 11 is 6.92. The maximum atomic E-state index is 14.0. The van der Waals surface area contributed by atoms with E-state index in [9.17, 15) is 18.8 Å². The molecule has 2 aromatic rings. The number of nitrogens with zero attached hydrogens (tertiary/aromatic N) is 1. The van der Waals surface area contributed by atoms with Crippen molar-refractivity contribution in [1.29, 1.82) is 0 Å². The van der Waals surface area contributed by atoms with Crippen LogP contribution < -0.4 is 11.1 Å². The molecule has 3 rings (SSSR count). The van der Waals surface area contributed by atoms with Crippen molar-refractivity contribution in [2.24, 2.45) is 5.73 Å². The molecule has 0 aliphatic carbocycles. The van der Waals surface area contributed by atoms with E-state index in [2.05, 4.69) is 5.32 Å². The van der Waals surface area contributed by atoms with Crippen LogP contribution in [0.5, 0.6) is 0 Å². The van der Waals surface area contributed by atoms with E-state index in [1.54, 1.807) is 25.7 Å². The number of benzene rings is 1. The minimum absolute atomic E-state index is 0.181. The highest BCUT2D eigenvalue weighted by molar-refractivity contribution is 7.17. The Hall–Kier alpha value is -2.65. The number of primary amides is 1. The second-order valence-corrected chi connectivity index (χ2v) is 9.73. The number of carbonyl (C=O) groups excluding carboxylic acids is 3. The molecule has 0 fully saturated rings. The minimum atomic E-state index is -0.670. The summed E-state index contributed by atoms with van der Waals surface area (Å²) < 4.78 is 19.4. The predicted molar refractivity (Wildman–Crippen MR) is 117 cm³/mol. The monoisotopic (exact) mass is 467 g/mol. The lowest BCUT2D eigenvalue weighted by Crippen LogP contribution is -2.39. The highest BCUT2D eigenvalue weighted by Gasteiger charge is 2.31. The molecule has 1 aromatic heterocycles. The second-order valence-electron chi connectivity index (χ2n) is 8.18. The van der Waals surface area contributed by atoms with Crippen molar-refractivity contribution in [3.8, 4) is 0 Å². The summed E-state index contributed by atoms with van der Waals surface area (Å²) in [5, 5.41) is 3.19. The summed E-state index contributed by atoms with van der Waals surface area (Å²) in [7, 11) is 0. The smallest absolute Gasteiger partial charge is 0.410 e. The van der Waals surface area contributed by atoms with Crippen molar-refractivity contribution < 1.29 is 23.5 Å². The van der Waals surface area contributed by atoms with E-state index in [0.29, 0.717) is 23.5 Å². The molecule has 0 unspecified atom stereocenters. The topological polar surface area (TPSA) is 102 Å². The van der Waals surface area contributed by atoms with Crippen LogP contribution in [0.4, 0.5) is 14.2 Å². The number of ether oxygens (including phenoxy) is 1. The van der Waals surface area contributed by atoms with Gasteiger partial charge in [0.15, 0.2) is 0 Å². The van der Waals surface area contributed by atoms with Gasteiger partial charge in [-0.15, -0.1) is 11.3 Å². The van der Waals surface area contributed by atoms with Gasteiger partial charge in [0.2, 0.25) is 5.91 Å². The number of thiophene rings is 1. The van der Waals surface area contributed by atoms with Gasteiger partial charge in [0.05, 0.1) is 18.5 Å². The summed E-state index contributed by atoms with van der Waals surface area (Å²) in [5.74, 6) is -1.75. The normalized spacial score (nSPS) is 13.5. The van der Waals surface area contributed by atoms with Crippen molar-refractivity contribution in [3.05, 3.63) is 50.6 Å². The fourth-order valence-electron chi connectivity index (χ4n) is 3.24. The zero-order valence-electron chi connectivity index (χ0n) is 17.4. The number of amides is 3. The van der Waals surface area contributed by atoms with Gasteiger partial charge in [0.1, 0.15) is 16.4 Å². The Balaban J connectivity index is 1.79. The first kappa shape index (κ1) is 23.0. The molecule has 0 saturated carbocycles. The number of anilines is 1. The quantitative estimate of drug-likeness (QED) is 0.706. The van der Waals surface area contributed by atoms with Crippen LogP contribution in [-0.4, -0.2) is 35.0 Å². The SMILES string of the molecule is CC(C)(C)OC(=O)N1CCc2c(sc(NC(=O)Cc3ccc(Cl)cc3F)c2C(N)=O)C1. The van der Waals surface area contributed by atoms with E-state index in [0.717, 1.165) is 10.9 Å². The van der Waals surface area contributed by atoms with Gasteiger partial charge in [-0.05, 0) is 50.5 Å². The number of hydrogen-bond donors (Lipinski definition) is 2. The van der Waals surface area contributed by atoms with E-state index in [-0.39, 0.29) is 29.1 Å². The average molecular weight is 468 g/mol. The first-order valence-corrected chi connectivity index (χ1v) is 10.8. The second kappa shape index (κ2) is 8.84. The zero-order valence-corrected chi connectivity index (χ0v) is 19.0. The van der Waals surface area contributed by atoms with Gasteiger partial charge in [0, 0.05) is 16.4 Å². The Kier molecular flexibility index (Phi) is 6.56. The van der Waals surface area contributed by atoms with Crippen molar-refractivity contribution in [2.45, 2.75) is 45.8 Å². The van der Waals surface area contributed by atoms with Gasteiger partial charge in [-0.25, -0.2) is 9.18 Å². The van der Waals surface area contributed by atoms with E-state index in [1.807, 2.05) is 0 Å². The van der Waals surface area contributed by atoms with Crippen LogP contribution in [0, 0.1) is 5.82 Å². The summed E-state index contributed by atoms with van der Waals surface area (Å²) in [4.78, 5) is 39.3. The molecule has 3 amide bonds. The molecule has 7 nitrogen and oxygen atoms in total. The van der Waals surface area contributed by atoms with E-state index in [1.165, 1.54) is 23.5 Å². The Morgan fingerprint density at radius 2 is 2.03 bits per heavy atom. The third-order valence-electron chi connectivity index (χ3n) is 4.57. The van der Waals surface area contributed by atoms with Gasteiger partial charge in [-0.2, -0.15) is 0 Å². The van der Waals surface area contributed by atoms with Crippen LogP contribution in [0.3, 0.4) is 0 Å². The van der Waals surface area contributed by atoms with Crippen LogP contribution in [0.1, 0.15) is 47.1 Å². The van der Waals surface area contributed by atoms with Crippen molar-refractivity contribution in [1.82, 2.24) is 4.90 Å². The number of nitrogens with one attached hydrogen (secondary N) is 1. The first-order chi connectivity index (χ1) is 14.4. The molecule has 166 valence electrons. The predicted octanol–water partition coefficient (Wildman–Crippen LogP) is 4.11. The molecular formula is C21H23ClFN3O4S. The standard InChI is InChI=1S/C21H23ClFN3O4S/c1-21(2,3)30-20(29)26-7-6-13-15(10-26)31-19(17(13)18(24)28)25-16(27)8-11-4-5-12(22)9-14(11)23/h4-5,9H,6-8,10H2,1-3H3,(H2,24,28)(H,25,27). The van der Waals surface area contributed by atoms with E-state index < -0.39 is 29.3 Å². The Labute approximate surface area is 188 Å². The minimum Gasteiger partial charge on any atom is -0.444 e. The van der Waals surface area contributed by atoms with Crippen molar-refractivity contribution in [3.63, 3.8) is 0 Å². The van der Waals surface area contributed by atoms with Crippen LogP contribution in [0.25, 0.3) is 0 Å². The largest absolute Gasteiger partial charge is 0.444 e. The van der Waals surface area contributed by atoms with E-state index >= 15 is 0 Å². The highest BCUT2D eigenvalue weighted by Crippen LogP contribution is 2.37. The molecular weight excluding hydrogens is 445 g/mol. The van der Waals surface area contributed by atoms with Crippen LogP contribution in [0.15, 0.2) is 18.2 Å². The first-order valence-electron chi connectivity index (χ1n) is 9.60. The number of rotatable bonds is 4. The molecule has 1 aliphatic heterocycles. The molecule has 10 heteroatoms. The van der Waals surface area contributed by atoms with Gasteiger partial charge in [0.25, 0.3) is 5.91 Å². The lowest BCUT2D eigenvalue weighted by Gasteiger charge is -2.30. The number of nitrogens with two attached hydrogens (primary N) is 1. The fourth-order valence-corrected chi connectivity index (χ4v) is 4.69. The number of carbonyl (C=O) groups is 3. The lowest BCUT2D eigenvalue weighted by atomic mass is 10.0. The number of hydrogen-bond acceptors (Lipinski definition) is 5. The maximum Gasteiger partial charge on any atom is 0.410 e. The number of fused-ring (bicyclic) bond motifs is 1. The Morgan fingerprint density at radius 1 is 1.32 bits per heavy atom. The van der Waals surface area contributed by atoms with Crippen LogP contribution in [0.2, 0.25) is 5.02 Å². The fraction of sp³-hybridized carbons (Fsp3) is 0.381. The maximum absolute atomic E-state index is 14.0. The Bertz CT molecular complexity index is 1050.